The van der Waals surface area contributed by atoms with Crippen molar-refractivity contribution in [2.45, 2.75) is 134 Å². The van der Waals surface area contributed by atoms with Crippen LogP contribution in [0.25, 0.3) is 0 Å². The van der Waals surface area contributed by atoms with Crippen LogP contribution < -0.4 is 0 Å². The second-order valence-corrected chi connectivity index (χ2v) is 9.11. The Hall–Kier alpha value is -0.460. The number of aliphatic hydroxyl groups is 3. The molecule has 0 spiro atoms. The van der Waals surface area contributed by atoms with Crippen molar-refractivity contribution < 1.29 is 24.8 Å². The van der Waals surface area contributed by atoms with E-state index in [0.29, 0.717) is 6.61 Å². The molecule has 0 bridgehead atoms. The lowest BCUT2D eigenvalue weighted by molar-refractivity contribution is -0.210. The van der Waals surface area contributed by atoms with Crippen LogP contribution in [-0.4, -0.2) is 59.6 Å². The molecule has 0 amide bonds. The maximum absolute atomic E-state index is 10.1. The smallest absolute Gasteiger partial charge is 0.114 e. The third-order valence-electron chi connectivity index (χ3n) is 6.32. The molecule has 184 valence electrons. The molecule has 5 nitrogen and oxygen atoms in total. The zero-order chi connectivity index (χ0) is 22.6. The Bertz CT molecular complexity index is 415. The molecule has 31 heavy (non-hydrogen) atoms. The van der Waals surface area contributed by atoms with Crippen LogP contribution in [0.5, 0.6) is 0 Å². The van der Waals surface area contributed by atoms with Crippen LogP contribution in [0, 0.1) is 0 Å². The van der Waals surface area contributed by atoms with Crippen molar-refractivity contribution in [2.75, 3.05) is 19.8 Å². The van der Waals surface area contributed by atoms with Crippen LogP contribution >= 0.6 is 0 Å². The van der Waals surface area contributed by atoms with E-state index in [9.17, 15) is 15.3 Å². The minimum atomic E-state index is -0.970. The fourth-order valence-corrected chi connectivity index (χ4v) is 4.27. The number of hydrogen-bond acceptors (Lipinski definition) is 5. The summed E-state index contributed by atoms with van der Waals surface area (Å²) in [6.07, 6.45) is 22.3. The van der Waals surface area contributed by atoms with E-state index >= 15 is 0 Å². The average molecular weight is 443 g/mol. The predicted octanol–water partition coefficient (Wildman–Crippen LogP) is 5.30. The normalized spacial score (nSPS) is 24.3. The largest absolute Gasteiger partial charge is 0.394 e. The lowest BCUT2D eigenvalue weighted by atomic mass is 10.0. The molecule has 5 heteroatoms. The third kappa shape index (κ3) is 14.3. The molecular weight excluding hydrogens is 392 g/mol. The van der Waals surface area contributed by atoms with E-state index in [2.05, 4.69) is 19.1 Å². The van der Waals surface area contributed by atoms with Crippen molar-refractivity contribution in [1.82, 2.24) is 0 Å². The highest BCUT2D eigenvalue weighted by Gasteiger charge is 2.38. The summed E-state index contributed by atoms with van der Waals surface area (Å²) in [5.41, 5.74) is 0. The summed E-state index contributed by atoms with van der Waals surface area (Å²) in [5, 5.41) is 29.2. The van der Waals surface area contributed by atoms with E-state index in [0.717, 1.165) is 12.8 Å². The van der Waals surface area contributed by atoms with E-state index in [1.54, 1.807) is 0 Å². The van der Waals surface area contributed by atoms with Crippen molar-refractivity contribution in [3.8, 4) is 0 Å². The summed E-state index contributed by atoms with van der Waals surface area (Å²) < 4.78 is 10.9. The number of ether oxygens (including phenoxy) is 2. The quantitative estimate of drug-likeness (QED) is 0.176. The van der Waals surface area contributed by atoms with Crippen molar-refractivity contribution in [1.29, 1.82) is 0 Å². The first-order valence-corrected chi connectivity index (χ1v) is 13.0. The zero-order valence-electron chi connectivity index (χ0n) is 20.1. The molecule has 1 aliphatic rings. The van der Waals surface area contributed by atoms with E-state index in [-0.39, 0.29) is 13.2 Å². The standard InChI is InChI=1S/C26H50O5/c1-2-3-4-5-6-7-8-9-10-11-12-13-14-15-16-17-18-19-20-30-26-23(28)22-31-24(21-27)25(26)29/h2-3,23-29H,4-22H2,1H3/b3-2+/t23-,24+,25+,26+/m1/s1. The molecule has 0 aromatic carbocycles. The monoisotopic (exact) mass is 442 g/mol. The molecule has 3 N–H and O–H groups in total. The van der Waals surface area contributed by atoms with Crippen LogP contribution in [0.1, 0.15) is 110 Å². The van der Waals surface area contributed by atoms with Gasteiger partial charge in [0.2, 0.25) is 0 Å². The number of unbranched alkanes of at least 4 members (excludes halogenated alkanes) is 15. The van der Waals surface area contributed by atoms with E-state index in [4.69, 9.17) is 9.47 Å². The molecule has 0 saturated carbocycles. The van der Waals surface area contributed by atoms with Crippen molar-refractivity contribution in [3.63, 3.8) is 0 Å². The summed E-state index contributed by atoms with van der Waals surface area (Å²) in [5.74, 6) is 0. The zero-order valence-corrected chi connectivity index (χ0v) is 20.1. The molecule has 4 atom stereocenters. The second kappa shape index (κ2) is 20.2. The van der Waals surface area contributed by atoms with Gasteiger partial charge in [-0.1, -0.05) is 95.6 Å². The van der Waals surface area contributed by atoms with Gasteiger partial charge >= 0.3 is 0 Å². The molecular formula is C26H50O5. The van der Waals surface area contributed by atoms with E-state index in [1.807, 2.05) is 0 Å². The van der Waals surface area contributed by atoms with Gasteiger partial charge in [-0.05, 0) is 26.2 Å². The van der Waals surface area contributed by atoms with Crippen LogP contribution in [-0.2, 0) is 9.47 Å². The molecule has 0 aliphatic carbocycles. The first-order chi connectivity index (χ1) is 15.2. The number of aliphatic hydroxyl groups excluding tert-OH is 3. The molecule has 1 rings (SSSR count). The van der Waals surface area contributed by atoms with Gasteiger partial charge in [0.25, 0.3) is 0 Å². The first-order valence-electron chi connectivity index (χ1n) is 13.0. The molecule has 0 aromatic rings. The Balaban J connectivity index is 1.80. The van der Waals surface area contributed by atoms with E-state index in [1.165, 1.54) is 89.9 Å². The molecule has 0 unspecified atom stereocenters. The maximum Gasteiger partial charge on any atom is 0.114 e. The van der Waals surface area contributed by atoms with Gasteiger partial charge in [0.1, 0.15) is 24.4 Å². The Labute approximate surface area is 191 Å². The third-order valence-corrected chi connectivity index (χ3v) is 6.32. The molecule has 0 radical (unpaired) electrons. The number of allylic oxidation sites excluding steroid dienone is 2. The predicted molar refractivity (Wildman–Crippen MR) is 127 cm³/mol. The summed E-state index contributed by atoms with van der Waals surface area (Å²) >= 11 is 0. The molecule has 1 heterocycles. The molecule has 1 aliphatic heterocycles. The Morgan fingerprint density at radius 1 is 0.774 bits per heavy atom. The van der Waals surface area contributed by atoms with E-state index < -0.39 is 24.4 Å². The van der Waals surface area contributed by atoms with Crippen LogP contribution in [0.4, 0.5) is 0 Å². The molecule has 0 aromatic heterocycles. The SMILES string of the molecule is C/C=C/CCCCCCCCCCCCCCCCCO[C@@H]1[C@@H](O)[C@H](CO)OC[C@H]1O. The fourth-order valence-electron chi connectivity index (χ4n) is 4.27. The van der Waals surface area contributed by atoms with Gasteiger partial charge < -0.3 is 24.8 Å². The fraction of sp³-hybridized carbons (Fsp3) is 0.923. The van der Waals surface area contributed by atoms with Gasteiger partial charge in [-0.15, -0.1) is 0 Å². The van der Waals surface area contributed by atoms with Gasteiger partial charge in [-0.25, -0.2) is 0 Å². The second-order valence-electron chi connectivity index (χ2n) is 9.11. The Kier molecular flexibility index (Phi) is 18.6. The lowest BCUT2D eigenvalue weighted by Gasteiger charge is -2.37. The van der Waals surface area contributed by atoms with Crippen molar-refractivity contribution in [2.24, 2.45) is 0 Å². The lowest BCUT2D eigenvalue weighted by Crippen LogP contribution is -2.55. The van der Waals surface area contributed by atoms with Crippen molar-refractivity contribution in [3.05, 3.63) is 12.2 Å². The van der Waals surface area contributed by atoms with Crippen LogP contribution in [0.3, 0.4) is 0 Å². The van der Waals surface area contributed by atoms with Gasteiger partial charge in [0.05, 0.1) is 13.2 Å². The Morgan fingerprint density at radius 3 is 1.74 bits per heavy atom. The minimum absolute atomic E-state index is 0.101. The molecule has 1 fully saturated rings. The van der Waals surface area contributed by atoms with Crippen LogP contribution in [0.2, 0.25) is 0 Å². The Morgan fingerprint density at radius 2 is 1.26 bits per heavy atom. The van der Waals surface area contributed by atoms with Crippen LogP contribution in [0.15, 0.2) is 12.2 Å². The summed E-state index contributed by atoms with van der Waals surface area (Å²) in [6.45, 7) is 2.48. The topological polar surface area (TPSA) is 79.2 Å². The van der Waals surface area contributed by atoms with Gasteiger partial charge in [-0.2, -0.15) is 0 Å². The first kappa shape index (κ1) is 28.6. The number of rotatable bonds is 20. The van der Waals surface area contributed by atoms with Gasteiger partial charge in [0.15, 0.2) is 0 Å². The summed E-state index contributed by atoms with van der Waals surface area (Å²) in [6, 6.07) is 0. The minimum Gasteiger partial charge on any atom is -0.394 e. The maximum atomic E-state index is 10.1. The number of hydrogen-bond donors (Lipinski definition) is 3. The highest BCUT2D eigenvalue weighted by molar-refractivity contribution is 4.87. The van der Waals surface area contributed by atoms with Gasteiger partial charge in [-0.3, -0.25) is 0 Å². The summed E-state index contributed by atoms with van der Waals surface area (Å²) in [7, 11) is 0. The van der Waals surface area contributed by atoms with Crippen molar-refractivity contribution >= 4 is 0 Å². The van der Waals surface area contributed by atoms with Gasteiger partial charge in [0, 0.05) is 6.61 Å². The average Bonchev–Trinajstić information content (AvgIpc) is 2.77. The molecule has 1 saturated heterocycles. The summed E-state index contributed by atoms with van der Waals surface area (Å²) in [4.78, 5) is 0. The highest BCUT2D eigenvalue weighted by Crippen LogP contribution is 2.19. The highest BCUT2D eigenvalue weighted by atomic mass is 16.6.